The molecule has 0 aliphatic carbocycles. The second-order valence-electron chi connectivity index (χ2n) is 5.76. The number of amides is 1. The molecule has 0 unspecified atom stereocenters. The minimum Gasteiger partial charge on any atom is -0.321 e. The van der Waals surface area contributed by atoms with Gasteiger partial charge in [-0.15, -0.1) is 11.3 Å². The van der Waals surface area contributed by atoms with Crippen molar-refractivity contribution < 1.29 is 26.4 Å². The van der Waals surface area contributed by atoms with Crippen LogP contribution >= 0.6 is 11.3 Å². The Morgan fingerprint density at radius 1 is 1.15 bits per heavy atom. The van der Waals surface area contributed by atoms with Crippen molar-refractivity contribution in [2.45, 2.75) is 23.9 Å². The lowest BCUT2D eigenvalue weighted by molar-refractivity contribution is -0.137. The van der Waals surface area contributed by atoms with Crippen molar-refractivity contribution in [2.24, 2.45) is 0 Å². The van der Waals surface area contributed by atoms with Gasteiger partial charge >= 0.3 is 6.18 Å². The fraction of sp³-hybridized carbons (Fsp3) is 0.312. The number of thiophene rings is 1. The number of halogens is 3. The number of benzene rings is 1. The number of nitrogens with zero attached hydrogens (tertiary/aromatic N) is 1. The molecule has 1 N–H and O–H groups in total. The first-order valence-corrected chi connectivity index (χ1v) is 10.1. The molecule has 0 bridgehead atoms. The van der Waals surface area contributed by atoms with Crippen LogP contribution in [0.15, 0.2) is 40.6 Å². The number of hydrogen-bond donors (Lipinski definition) is 1. The van der Waals surface area contributed by atoms with Crippen LogP contribution in [0.4, 0.5) is 18.9 Å². The van der Waals surface area contributed by atoms with E-state index < -0.39 is 27.7 Å². The normalized spacial score (nSPS) is 16.0. The number of carbonyl (C=O) groups is 1. The van der Waals surface area contributed by atoms with Gasteiger partial charge in [-0.1, -0.05) is 6.07 Å². The highest BCUT2D eigenvalue weighted by molar-refractivity contribution is 7.89. The quantitative estimate of drug-likeness (QED) is 0.843. The molecule has 1 aromatic carbocycles. The minimum atomic E-state index is -4.53. The Kier molecular flexibility index (Phi) is 5.09. The first-order valence-electron chi connectivity index (χ1n) is 7.76. The fourth-order valence-corrected chi connectivity index (χ4v) is 5.51. The van der Waals surface area contributed by atoms with Crippen LogP contribution < -0.4 is 5.32 Å². The maximum absolute atomic E-state index is 12.8. The number of nitrogens with one attached hydrogen (secondary N) is 1. The van der Waals surface area contributed by atoms with Gasteiger partial charge in [0.25, 0.3) is 5.91 Å². The molecule has 0 saturated carbocycles. The third-order valence-electron chi connectivity index (χ3n) is 3.97. The molecule has 1 fully saturated rings. The summed E-state index contributed by atoms with van der Waals surface area (Å²) >= 11 is 0.932. The molecule has 1 amide bonds. The largest absolute Gasteiger partial charge is 0.416 e. The smallest absolute Gasteiger partial charge is 0.321 e. The first-order chi connectivity index (χ1) is 12.2. The van der Waals surface area contributed by atoms with Gasteiger partial charge in [0.15, 0.2) is 0 Å². The van der Waals surface area contributed by atoms with E-state index in [1.807, 2.05) is 0 Å². The molecule has 0 spiro atoms. The summed E-state index contributed by atoms with van der Waals surface area (Å²) in [5.41, 5.74) is -0.950. The number of carbonyl (C=O) groups excluding carboxylic acids is 1. The molecule has 5 nitrogen and oxygen atoms in total. The first kappa shape index (κ1) is 18.9. The van der Waals surface area contributed by atoms with E-state index in [2.05, 4.69) is 5.32 Å². The van der Waals surface area contributed by atoms with Crippen LogP contribution in [0.2, 0.25) is 0 Å². The molecular weight excluding hydrogens is 389 g/mol. The van der Waals surface area contributed by atoms with Gasteiger partial charge in [-0.25, -0.2) is 8.42 Å². The van der Waals surface area contributed by atoms with Gasteiger partial charge in [0.2, 0.25) is 10.0 Å². The Morgan fingerprint density at radius 2 is 1.85 bits per heavy atom. The Labute approximate surface area is 152 Å². The number of anilines is 1. The van der Waals surface area contributed by atoms with Crippen molar-refractivity contribution in [1.29, 1.82) is 0 Å². The van der Waals surface area contributed by atoms with E-state index in [1.165, 1.54) is 27.9 Å². The summed E-state index contributed by atoms with van der Waals surface area (Å²) in [5, 5.41) is 3.82. The Bertz CT molecular complexity index is 917. The van der Waals surface area contributed by atoms with Crippen LogP contribution in [0.25, 0.3) is 0 Å². The minimum absolute atomic E-state index is 0.0469. The fourth-order valence-electron chi connectivity index (χ4n) is 2.69. The molecule has 1 saturated heterocycles. The number of alkyl halides is 3. The zero-order chi connectivity index (χ0) is 18.9. The molecule has 140 valence electrons. The summed E-state index contributed by atoms with van der Waals surface area (Å²) in [5.74, 6) is -0.753. The topological polar surface area (TPSA) is 66.5 Å². The lowest BCUT2D eigenvalue weighted by Gasteiger charge is -2.15. The van der Waals surface area contributed by atoms with E-state index in [-0.39, 0.29) is 15.5 Å². The monoisotopic (exact) mass is 404 g/mol. The van der Waals surface area contributed by atoms with Gasteiger partial charge < -0.3 is 5.32 Å². The summed E-state index contributed by atoms with van der Waals surface area (Å²) in [4.78, 5) is 12.3. The molecule has 26 heavy (non-hydrogen) atoms. The van der Waals surface area contributed by atoms with Crippen molar-refractivity contribution in [3.8, 4) is 0 Å². The highest BCUT2D eigenvalue weighted by atomic mass is 32.2. The Morgan fingerprint density at radius 3 is 2.50 bits per heavy atom. The SMILES string of the molecule is O=C(Nc1cccc(C(F)(F)F)c1)c1sccc1S(=O)(=O)N1CCCC1. The van der Waals surface area contributed by atoms with Crippen LogP contribution in [0.3, 0.4) is 0 Å². The number of hydrogen-bond acceptors (Lipinski definition) is 4. The van der Waals surface area contributed by atoms with Crippen molar-refractivity contribution >= 4 is 33.0 Å². The second kappa shape index (κ2) is 7.01. The van der Waals surface area contributed by atoms with E-state index >= 15 is 0 Å². The van der Waals surface area contributed by atoms with E-state index in [4.69, 9.17) is 0 Å². The lowest BCUT2D eigenvalue weighted by Crippen LogP contribution is -2.29. The molecule has 3 rings (SSSR count). The summed E-state index contributed by atoms with van der Waals surface area (Å²) in [7, 11) is -3.79. The van der Waals surface area contributed by atoms with E-state index in [0.717, 1.165) is 36.3 Å². The molecule has 1 aromatic heterocycles. The van der Waals surface area contributed by atoms with Crippen molar-refractivity contribution in [1.82, 2.24) is 4.31 Å². The average molecular weight is 404 g/mol. The van der Waals surface area contributed by atoms with Crippen LogP contribution in [0, 0.1) is 0 Å². The molecule has 0 radical (unpaired) electrons. The van der Waals surface area contributed by atoms with Gasteiger partial charge in [-0.3, -0.25) is 4.79 Å². The zero-order valence-electron chi connectivity index (χ0n) is 13.4. The summed E-state index contributed by atoms with van der Waals surface area (Å²) < 4.78 is 65.0. The summed E-state index contributed by atoms with van der Waals surface area (Å²) in [6.07, 6.45) is -3.02. The van der Waals surface area contributed by atoms with Crippen molar-refractivity contribution in [3.05, 3.63) is 46.2 Å². The molecular formula is C16H15F3N2O3S2. The Hall–Kier alpha value is -1.91. The molecule has 2 heterocycles. The van der Waals surface area contributed by atoms with Gasteiger partial charge in [0.1, 0.15) is 9.77 Å². The number of sulfonamides is 1. The molecule has 10 heteroatoms. The average Bonchev–Trinajstić information content (AvgIpc) is 3.26. The van der Waals surface area contributed by atoms with E-state index in [9.17, 15) is 26.4 Å². The van der Waals surface area contributed by atoms with Gasteiger partial charge in [0, 0.05) is 18.8 Å². The van der Waals surface area contributed by atoms with E-state index in [0.29, 0.717) is 13.1 Å². The van der Waals surface area contributed by atoms with Gasteiger partial charge in [0.05, 0.1) is 5.56 Å². The molecule has 2 aromatic rings. The Balaban J connectivity index is 1.85. The second-order valence-corrected chi connectivity index (χ2v) is 8.58. The standard InChI is InChI=1S/C16H15F3N2O3S2/c17-16(18,19)11-4-3-5-12(10-11)20-15(22)14-13(6-9-25-14)26(23,24)21-7-1-2-8-21/h3-6,9-10H,1-2,7-8H2,(H,20,22). The third kappa shape index (κ3) is 3.76. The maximum Gasteiger partial charge on any atom is 0.416 e. The molecule has 0 atom stereocenters. The summed E-state index contributed by atoms with van der Waals surface area (Å²) in [6, 6.07) is 5.54. The summed E-state index contributed by atoms with van der Waals surface area (Å²) in [6.45, 7) is 0.791. The third-order valence-corrected chi connectivity index (χ3v) is 6.95. The lowest BCUT2D eigenvalue weighted by atomic mass is 10.2. The zero-order valence-corrected chi connectivity index (χ0v) is 15.0. The van der Waals surface area contributed by atoms with Crippen molar-refractivity contribution in [3.63, 3.8) is 0 Å². The van der Waals surface area contributed by atoms with Crippen LogP contribution in [-0.4, -0.2) is 31.7 Å². The highest BCUT2D eigenvalue weighted by Gasteiger charge is 2.33. The van der Waals surface area contributed by atoms with Crippen molar-refractivity contribution in [2.75, 3.05) is 18.4 Å². The van der Waals surface area contributed by atoms with Crippen LogP contribution in [0.5, 0.6) is 0 Å². The van der Waals surface area contributed by atoms with Gasteiger partial charge in [-0.05, 0) is 42.5 Å². The molecule has 1 aliphatic rings. The van der Waals surface area contributed by atoms with Gasteiger partial charge in [-0.2, -0.15) is 17.5 Å². The van der Waals surface area contributed by atoms with Crippen LogP contribution in [0.1, 0.15) is 28.1 Å². The molecule has 1 aliphatic heterocycles. The van der Waals surface area contributed by atoms with E-state index in [1.54, 1.807) is 0 Å². The number of rotatable bonds is 4. The maximum atomic E-state index is 12.8. The predicted octanol–water partition coefficient (Wildman–Crippen LogP) is 3.80. The highest BCUT2D eigenvalue weighted by Crippen LogP contribution is 2.32. The van der Waals surface area contributed by atoms with Crippen LogP contribution in [-0.2, 0) is 16.2 Å². The predicted molar refractivity (Wildman–Crippen MR) is 91.7 cm³/mol.